The third-order valence-electron chi connectivity index (χ3n) is 2.11. The van der Waals surface area contributed by atoms with Crippen LogP contribution in [-0.4, -0.2) is 13.6 Å². The van der Waals surface area contributed by atoms with Crippen LogP contribution in [-0.2, 0) is 15.8 Å². The average molecular weight is 331 g/mol. The number of benzene rings is 1. The maximum absolute atomic E-state index is 11.9. The van der Waals surface area contributed by atoms with Gasteiger partial charge in [-0.25, -0.2) is 8.42 Å². The van der Waals surface area contributed by atoms with E-state index in [4.69, 9.17) is 4.52 Å². The van der Waals surface area contributed by atoms with Gasteiger partial charge in [-0.15, -0.1) is 0 Å². The number of rotatable bonds is 4. The lowest BCUT2D eigenvalue weighted by Gasteiger charge is -2.06. The fourth-order valence-electron chi connectivity index (χ4n) is 1.45. The van der Waals surface area contributed by atoms with Gasteiger partial charge < -0.3 is 4.52 Å². The Morgan fingerprint density at radius 1 is 1.39 bits per heavy atom. The Bertz CT molecular complexity index is 652. The van der Waals surface area contributed by atoms with Gasteiger partial charge in [0.15, 0.2) is 0 Å². The molecule has 0 unspecified atom stereocenters. The number of nitrogens with zero attached hydrogens (tertiary/aromatic N) is 1. The fraction of sp³-hybridized carbons (Fsp3) is 0.182. The maximum Gasteiger partial charge on any atom is 0.238 e. The van der Waals surface area contributed by atoms with Gasteiger partial charge in [0.05, 0.1) is 0 Å². The first-order chi connectivity index (χ1) is 8.44. The molecule has 0 bridgehead atoms. The molecule has 5 nitrogen and oxygen atoms in total. The minimum atomic E-state index is -3.48. The second-order valence-electron chi connectivity index (χ2n) is 3.80. The minimum Gasteiger partial charge on any atom is -0.361 e. The fourth-order valence-corrected chi connectivity index (χ4v) is 2.93. The Kier molecular flexibility index (Phi) is 3.72. The van der Waals surface area contributed by atoms with Crippen LogP contribution in [0.5, 0.6) is 0 Å². The van der Waals surface area contributed by atoms with E-state index in [1.807, 2.05) is 6.07 Å². The molecule has 0 spiro atoms. The number of nitrogens with one attached hydrogen (secondary N) is 1. The molecule has 0 aliphatic rings. The first-order valence-corrected chi connectivity index (χ1v) is 7.57. The molecule has 0 fully saturated rings. The molecular weight excluding hydrogens is 320 g/mol. The van der Waals surface area contributed by atoms with Crippen molar-refractivity contribution in [1.82, 2.24) is 5.16 Å². The number of aromatic nitrogens is 1. The topological polar surface area (TPSA) is 72.2 Å². The van der Waals surface area contributed by atoms with Crippen molar-refractivity contribution in [3.63, 3.8) is 0 Å². The summed E-state index contributed by atoms with van der Waals surface area (Å²) in [6.07, 6.45) is 0. The summed E-state index contributed by atoms with van der Waals surface area (Å²) in [5.41, 5.74) is 0.889. The molecule has 1 aromatic carbocycles. The van der Waals surface area contributed by atoms with E-state index in [1.165, 1.54) is 0 Å². The van der Waals surface area contributed by atoms with E-state index in [-0.39, 0.29) is 5.75 Å². The molecule has 2 rings (SSSR count). The lowest BCUT2D eigenvalue weighted by atomic mass is 10.3. The minimum absolute atomic E-state index is 0.211. The van der Waals surface area contributed by atoms with Crippen molar-refractivity contribution >= 4 is 31.6 Å². The first kappa shape index (κ1) is 13.1. The summed E-state index contributed by atoms with van der Waals surface area (Å²) in [5.74, 6) is 0.374. The number of halogens is 1. The lowest BCUT2D eigenvalue weighted by molar-refractivity contribution is 0.392. The van der Waals surface area contributed by atoms with Gasteiger partial charge in [0.2, 0.25) is 10.0 Å². The van der Waals surface area contributed by atoms with Crippen LogP contribution in [0.3, 0.4) is 0 Å². The van der Waals surface area contributed by atoms with Crippen LogP contribution in [0.4, 0.5) is 5.69 Å². The van der Waals surface area contributed by atoms with Crippen molar-refractivity contribution in [3.05, 3.63) is 46.3 Å². The maximum atomic E-state index is 11.9. The van der Waals surface area contributed by atoms with Gasteiger partial charge in [0, 0.05) is 16.2 Å². The molecule has 0 radical (unpaired) electrons. The Labute approximate surface area is 113 Å². The van der Waals surface area contributed by atoms with Crippen LogP contribution in [0.15, 0.2) is 39.3 Å². The molecular formula is C11H11BrN2O3S. The van der Waals surface area contributed by atoms with Crippen molar-refractivity contribution < 1.29 is 12.9 Å². The van der Waals surface area contributed by atoms with Crippen LogP contribution in [0.25, 0.3) is 0 Å². The van der Waals surface area contributed by atoms with Crippen molar-refractivity contribution in [3.8, 4) is 0 Å². The number of hydrogen-bond acceptors (Lipinski definition) is 4. The monoisotopic (exact) mass is 330 g/mol. The first-order valence-electron chi connectivity index (χ1n) is 5.13. The molecule has 96 valence electrons. The molecule has 0 aliphatic carbocycles. The van der Waals surface area contributed by atoms with E-state index >= 15 is 0 Å². The Hall–Kier alpha value is -1.34. The second-order valence-corrected chi connectivity index (χ2v) is 6.44. The summed E-state index contributed by atoms with van der Waals surface area (Å²) >= 11 is 3.28. The summed E-state index contributed by atoms with van der Waals surface area (Å²) in [7, 11) is -3.48. The van der Waals surface area contributed by atoms with Gasteiger partial charge in [0.25, 0.3) is 0 Å². The molecule has 7 heteroatoms. The predicted octanol–water partition coefficient (Wildman–Crippen LogP) is 2.69. The number of aryl methyl sites for hydroxylation is 1. The van der Waals surface area contributed by atoms with Crippen LogP contribution in [0.2, 0.25) is 0 Å². The molecule has 1 N–H and O–H groups in total. The van der Waals surface area contributed by atoms with E-state index in [1.54, 1.807) is 31.2 Å². The van der Waals surface area contributed by atoms with Crippen LogP contribution >= 0.6 is 15.9 Å². The smallest absolute Gasteiger partial charge is 0.238 e. The van der Waals surface area contributed by atoms with Crippen LogP contribution in [0, 0.1) is 6.92 Å². The highest BCUT2D eigenvalue weighted by Gasteiger charge is 2.14. The van der Waals surface area contributed by atoms with Gasteiger partial charge >= 0.3 is 0 Å². The van der Waals surface area contributed by atoms with E-state index in [2.05, 4.69) is 25.8 Å². The lowest BCUT2D eigenvalue weighted by Crippen LogP contribution is -2.15. The number of anilines is 1. The van der Waals surface area contributed by atoms with Gasteiger partial charge in [-0.1, -0.05) is 27.2 Å². The molecule has 0 saturated heterocycles. The Morgan fingerprint density at radius 3 is 2.78 bits per heavy atom. The average Bonchev–Trinajstić information content (AvgIpc) is 2.62. The highest BCUT2D eigenvalue weighted by atomic mass is 79.9. The molecule has 1 heterocycles. The SMILES string of the molecule is Cc1cc(CS(=O)(=O)Nc2cccc(Br)c2)no1. The Morgan fingerprint density at radius 2 is 2.17 bits per heavy atom. The van der Waals surface area contributed by atoms with Crippen LogP contribution in [0.1, 0.15) is 11.5 Å². The summed E-state index contributed by atoms with van der Waals surface area (Å²) in [5, 5.41) is 3.66. The van der Waals surface area contributed by atoms with Crippen molar-refractivity contribution in [2.24, 2.45) is 0 Å². The van der Waals surface area contributed by atoms with Crippen molar-refractivity contribution in [2.45, 2.75) is 12.7 Å². The number of hydrogen-bond donors (Lipinski definition) is 1. The quantitative estimate of drug-likeness (QED) is 0.935. The van der Waals surface area contributed by atoms with Crippen LogP contribution < -0.4 is 4.72 Å². The standard InChI is InChI=1S/C11H11BrN2O3S/c1-8-5-11(13-17-8)7-18(15,16)14-10-4-2-3-9(12)6-10/h2-6,14H,7H2,1H3. The third-order valence-corrected chi connectivity index (χ3v) is 3.83. The molecule has 0 saturated carbocycles. The highest BCUT2D eigenvalue weighted by molar-refractivity contribution is 9.10. The van der Waals surface area contributed by atoms with Crippen molar-refractivity contribution in [1.29, 1.82) is 0 Å². The summed E-state index contributed by atoms with van der Waals surface area (Å²) < 4.78 is 31.9. The van der Waals surface area contributed by atoms with E-state index in [0.717, 1.165) is 4.47 Å². The molecule has 0 amide bonds. The van der Waals surface area contributed by atoms with E-state index in [0.29, 0.717) is 17.1 Å². The zero-order valence-electron chi connectivity index (χ0n) is 9.55. The van der Waals surface area contributed by atoms with Gasteiger partial charge in [0.1, 0.15) is 17.2 Å². The molecule has 1 aromatic heterocycles. The van der Waals surface area contributed by atoms with Gasteiger partial charge in [-0.3, -0.25) is 4.72 Å². The molecule has 2 aromatic rings. The van der Waals surface area contributed by atoms with Crippen molar-refractivity contribution in [2.75, 3.05) is 4.72 Å². The Balaban J connectivity index is 2.12. The third kappa shape index (κ3) is 3.58. The largest absolute Gasteiger partial charge is 0.361 e. The van der Waals surface area contributed by atoms with Gasteiger partial charge in [-0.2, -0.15) is 0 Å². The molecule has 18 heavy (non-hydrogen) atoms. The molecule has 0 aliphatic heterocycles. The predicted molar refractivity (Wildman–Crippen MR) is 71.6 cm³/mol. The summed E-state index contributed by atoms with van der Waals surface area (Å²) in [4.78, 5) is 0. The van der Waals surface area contributed by atoms with E-state index < -0.39 is 10.0 Å². The summed E-state index contributed by atoms with van der Waals surface area (Å²) in [6, 6.07) is 8.53. The summed E-state index contributed by atoms with van der Waals surface area (Å²) in [6.45, 7) is 1.71. The van der Waals surface area contributed by atoms with Gasteiger partial charge in [-0.05, 0) is 25.1 Å². The molecule has 0 atom stereocenters. The highest BCUT2D eigenvalue weighted by Crippen LogP contribution is 2.18. The normalized spacial score (nSPS) is 11.4. The zero-order chi connectivity index (χ0) is 13.2. The number of sulfonamides is 1. The van der Waals surface area contributed by atoms with E-state index in [9.17, 15) is 8.42 Å². The zero-order valence-corrected chi connectivity index (χ0v) is 12.0. The second kappa shape index (κ2) is 5.11.